The van der Waals surface area contributed by atoms with E-state index in [0.717, 1.165) is 33.6 Å². The molecule has 2 aromatic carbocycles. The molecule has 0 aliphatic carbocycles. The van der Waals surface area contributed by atoms with Gasteiger partial charge in [-0.25, -0.2) is 0 Å². The number of hydrogen-bond donors (Lipinski definition) is 2. The number of carboxylic acids is 1. The minimum atomic E-state index is -3.97. The molecule has 1 aliphatic rings. The van der Waals surface area contributed by atoms with Gasteiger partial charge in [-0.15, -0.1) is 0 Å². The van der Waals surface area contributed by atoms with Crippen molar-refractivity contribution in [3.8, 4) is 0 Å². The van der Waals surface area contributed by atoms with Crippen LogP contribution in [-0.2, 0) is 32.2 Å². The average Bonchev–Trinajstić information content (AvgIpc) is 3.03. The zero-order valence-electron chi connectivity index (χ0n) is 23.0. The third-order valence-corrected chi connectivity index (χ3v) is 8.32. The Morgan fingerprint density at radius 2 is 1.82 bits per heavy atom. The lowest BCUT2D eigenvalue weighted by Gasteiger charge is -2.29. The molecule has 0 saturated carbocycles. The fourth-order valence-corrected chi connectivity index (χ4v) is 5.77. The molecular formula is C31H39NO5S. The van der Waals surface area contributed by atoms with Gasteiger partial charge in [0.15, 0.2) is 0 Å². The van der Waals surface area contributed by atoms with E-state index in [4.69, 9.17) is 4.55 Å². The normalized spacial score (nSPS) is 16.3. The fraction of sp³-hybridized carbons (Fsp3) is 0.387. The third-order valence-electron chi connectivity index (χ3n) is 7.52. The summed E-state index contributed by atoms with van der Waals surface area (Å²) < 4.78 is 31.4. The number of hydrogen-bond acceptors (Lipinski definition) is 4. The van der Waals surface area contributed by atoms with Crippen LogP contribution in [0.3, 0.4) is 0 Å². The molecule has 6 nitrogen and oxygen atoms in total. The van der Waals surface area contributed by atoms with Gasteiger partial charge in [0.2, 0.25) is 0 Å². The second kappa shape index (κ2) is 11.3. The molecule has 0 fully saturated rings. The second-order valence-electron chi connectivity index (χ2n) is 11.1. The van der Waals surface area contributed by atoms with Gasteiger partial charge in [0, 0.05) is 28.8 Å². The summed E-state index contributed by atoms with van der Waals surface area (Å²) in [6.45, 7) is 15.6. The number of benzene rings is 2. The highest BCUT2D eigenvalue weighted by Gasteiger charge is 2.39. The van der Waals surface area contributed by atoms with Crippen LogP contribution in [0.1, 0.15) is 62.8 Å². The Morgan fingerprint density at radius 1 is 1.13 bits per heavy atom. The minimum absolute atomic E-state index is 0.0204. The molecule has 1 heterocycles. The van der Waals surface area contributed by atoms with Crippen LogP contribution in [-0.4, -0.2) is 36.3 Å². The van der Waals surface area contributed by atoms with Crippen LogP contribution in [0.4, 0.5) is 5.69 Å². The molecule has 0 amide bonds. The van der Waals surface area contributed by atoms with Gasteiger partial charge < -0.3 is 10.0 Å². The van der Waals surface area contributed by atoms with Crippen molar-refractivity contribution < 1.29 is 22.9 Å². The zero-order chi connectivity index (χ0) is 28.3. The van der Waals surface area contributed by atoms with E-state index in [2.05, 4.69) is 57.4 Å². The summed E-state index contributed by atoms with van der Waals surface area (Å²) in [4.78, 5) is 13.5. The molecule has 204 valence electrons. The van der Waals surface area contributed by atoms with Crippen LogP contribution in [0.25, 0.3) is 0 Å². The largest absolute Gasteiger partial charge is 0.481 e. The van der Waals surface area contributed by atoms with E-state index in [1.165, 1.54) is 5.56 Å². The Balaban J connectivity index is 1.87. The molecule has 0 bridgehead atoms. The highest BCUT2D eigenvalue weighted by atomic mass is 32.2. The van der Waals surface area contributed by atoms with Crippen molar-refractivity contribution in [2.45, 2.75) is 64.7 Å². The molecule has 2 N–H and O–H groups in total. The predicted octanol–water partition coefficient (Wildman–Crippen LogP) is 6.36. The Bertz CT molecular complexity index is 1380. The van der Waals surface area contributed by atoms with Gasteiger partial charge in [0.25, 0.3) is 10.1 Å². The molecule has 1 aliphatic heterocycles. The smallest absolute Gasteiger partial charge is 0.307 e. The molecule has 7 heteroatoms. The fourth-order valence-electron chi connectivity index (χ4n) is 5.20. The lowest BCUT2D eigenvalue weighted by molar-refractivity contribution is -0.136. The maximum atomic E-state index is 11.2. The van der Waals surface area contributed by atoms with Gasteiger partial charge in [-0.2, -0.15) is 8.42 Å². The van der Waals surface area contributed by atoms with Gasteiger partial charge in [-0.05, 0) is 59.7 Å². The number of aliphatic carboxylic acids is 1. The van der Waals surface area contributed by atoms with Crippen LogP contribution in [0.2, 0.25) is 0 Å². The molecule has 2 aromatic rings. The third kappa shape index (κ3) is 6.63. The summed E-state index contributed by atoms with van der Waals surface area (Å²) >= 11 is 0. The molecule has 0 radical (unpaired) electrons. The van der Waals surface area contributed by atoms with Crippen LogP contribution >= 0.6 is 0 Å². The van der Waals surface area contributed by atoms with Gasteiger partial charge in [-0.1, -0.05) is 82.8 Å². The van der Waals surface area contributed by atoms with Crippen molar-refractivity contribution in [2.75, 3.05) is 17.2 Å². The first-order valence-electron chi connectivity index (χ1n) is 12.9. The number of unbranched alkanes of at least 4 members (excludes halogenated alkanes) is 1. The van der Waals surface area contributed by atoms with E-state index < -0.39 is 21.5 Å². The number of anilines is 1. The minimum Gasteiger partial charge on any atom is -0.481 e. The highest BCUT2D eigenvalue weighted by Crippen LogP contribution is 2.47. The maximum Gasteiger partial charge on any atom is 0.307 e. The van der Waals surface area contributed by atoms with E-state index in [1.807, 2.05) is 49.4 Å². The second-order valence-corrected chi connectivity index (χ2v) is 12.6. The Kier molecular flexibility index (Phi) is 8.74. The first-order valence-corrected chi connectivity index (χ1v) is 14.5. The SMILES string of the molecule is C=C(/C=C/C=C1/N(CCCCS(=O)(=O)O)c2ccccc2C1(C)C)C(C)(C)c1cc(CC(=O)O)ccc1C. The summed E-state index contributed by atoms with van der Waals surface area (Å²) in [6, 6.07) is 14.0. The van der Waals surface area contributed by atoms with Crippen LogP contribution in [0.15, 0.2) is 78.5 Å². The van der Waals surface area contributed by atoms with Crippen molar-refractivity contribution >= 4 is 21.8 Å². The Morgan fingerprint density at radius 3 is 2.47 bits per heavy atom. The number of nitrogens with zero attached hydrogens (tertiary/aromatic N) is 1. The zero-order valence-corrected chi connectivity index (χ0v) is 23.8. The first-order chi connectivity index (χ1) is 17.6. The van der Waals surface area contributed by atoms with E-state index in [9.17, 15) is 18.3 Å². The number of carbonyl (C=O) groups is 1. The lowest BCUT2D eigenvalue weighted by atomic mass is 9.75. The molecule has 0 atom stereocenters. The van der Waals surface area contributed by atoms with Crippen molar-refractivity contribution in [2.24, 2.45) is 0 Å². The van der Waals surface area contributed by atoms with E-state index in [0.29, 0.717) is 19.4 Å². The number of fused-ring (bicyclic) bond motifs is 1. The average molecular weight is 538 g/mol. The number of para-hydroxylation sites is 1. The number of aryl methyl sites for hydroxylation is 1. The van der Waals surface area contributed by atoms with Crippen LogP contribution in [0, 0.1) is 6.92 Å². The summed E-state index contributed by atoms with van der Waals surface area (Å²) in [6.07, 6.45) is 7.09. The highest BCUT2D eigenvalue weighted by molar-refractivity contribution is 7.85. The standard InChI is InChI=1S/C31H39NO5S/c1-22-16-17-24(21-29(33)34)20-26(22)30(3,4)23(2)12-11-15-28-31(5,6)25-13-7-8-14-27(25)32(28)18-9-10-19-38(35,36)37/h7-8,11-17,20H,2,9-10,18-19,21H2,1,3-6H3,(H,33,34)(H,35,36,37)/b12-11+,28-15+. The number of rotatable bonds is 11. The van der Waals surface area contributed by atoms with E-state index >= 15 is 0 Å². The molecule has 38 heavy (non-hydrogen) atoms. The van der Waals surface area contributed by atoms with E-state index in [1.54, 1.807) is 0 Å². The summed E-state index contributed by atoms with van der Waals surface area (Å²) in [7, 11) is -3.97. The van der Waals surface area contributed by atoms with Crippen molar-refractivity contribution in [3.63, 3.8) is 0 Å². The molecular weight excluding hydrogens is 498 g/mol. The van der Waals surface area contributed by atoms with Crippen LogP contribution < -0.4 is 4.90 Å². The van der Waals surface area contributed by atoms with Gasteiger partial charge in [0.05, 0.1) is 12.2 Å². The van der Waals surface area contributed by atoms with Crippen LogP contribution in [0.5, 0.6) is 0 Å². The molecule has 0 saturated heterocycles. The van der Waals surface area contributed by atoms with Crippen molar-refractivity contribution in [3.05, 3.63) is 101 Å². The Hall–Kier alpha value is -3.16. The predicted molar refractivity (Wildman–Crippen MR) is 154 cm³/mol. The van der Waals surface area contributed by atoms with Gasteiger partial charge in [0.1, 0.15) is 0 Å². The quantitative estimate of drug-likeness (QED) is 0.197. The monoisotopic (exact) mass is 537 g/mol. The summed E-state index contributed by atoms with van der Waals surface area (Å²) in [5.74, 6) is -1.10. The summed E-state index contributed by atoms with van der Waals surface area (Å²) in [5, 5.41) is 9.21. The lowest BCUT2D eigenvalue weighted by Crippen LogP contribution is -2.27. The Labute approximate surface area is 227 Å². The number of carboxylic acid groups (broad SMARTS) is 1. The maximum absolute atomic E-state index is 11.2. The van der Waals surface area contributed by atoms with Crippen molar-refractivity contribution in [1.29, 1.82) is 0 Å². The molecule has 0 aromatic heterocycles. The molecule has 0 unspecified atom stereocenters. The number of allylic oxidation sites excluding steroid dienone is 5. The van der Waals surface area contributed by atoms with Gasteiger partial charge >= 0.3 is 5.97 Å². The van der Waals surface area contributed by atoms with E-state index in [-0.39, 0.29) is 17.6 Å². The molecule has 3 rings (SSSR count). The van der Waals surface area contributed by atoms with Gasteiger partial charge in [-0.3, -0.25) is 9.35 Å². The first kappa shape index (κ1) is 29.4. The summed E-state index contributed by atoms with van der Waals surface area (Å²) in [5.41, 5.74) is 6.56. The van der Waals surface area contributed by atoms with Crippen molar-refractivity contribution in [1.82, 2.24) is 0 Å². The molecule has 0 spiro atoms. The topological polar surface area (TPSA) is 94.9 Å².